The Balaban J connectivity index is 1.44. The quantitative estimate of drug-likeness (QED) is 0.527. The number of aromatic nitrogens is 1. The van der Waals surface area contributed by atoms with E-state index in [4.69, 9.17) is 4.74 Å². The van der Waals surface area contributed by atoms with Crippen molar-refractivity contribution in [1.29, 1.82) is 0 Å². The summed E-state index contributed by atoms with van der Waals surface area (Å²) >= 11 is 0. The van der Waals surface area contributed by atoms with Gasteiger partial charge in [0.25, 0.3) is 0 Å². The number of hydrogen-bond donors (Lipinski definition) is 0. The Morgan fingerprint density at radius 3 is 2.53 bits per heavy atom. The van der Waals surface area contributed by atoms with E-state index in [0.717, 1.165) is 62.0 Å². The number of unbranched alkanes of at least 4 members (excludes halogenated alkanes) is 1. The third-order valence-corrected chi connectivity index (χ3v) is 7.06. The molecule has 3 saturated heterocycles. The number of rotatable bonds is 9. The number of anilines is 1. The molecule has 3 aliphatic rings. The average Bonchev–Trinajstić information content (AvgIpc) is 3.29. The van der Waals surface area contributed by atoms with Crippen LogP contribution < -0.4 is 4.90 Å². The number of fused-ring (bicyclic) bond motifs is 3. The van der Waals surface area contributed by atoms with Gasteiger partial charge in [-0.05, 0) is 36.6 Å². The number of piperidine rings is 3. The molecular weight excluding hydrogens is 374 g/mol. The molecule has 5 heteroatoms. The fraction of sp³-hybridized carbons (Fsp3) is 0.560. The lowest BCUT2D eigenvalue weighted by molar-refractivity contribution is -0.984. The largest absolute Gasteiger partial charge is 0.418 e. The first-order valence-corrected chi connectivity index (χ1v) is 11.7. The molecule has 1 amide bonds. The Labute approximate surface area is 180 Å². The first-order valence-electron chi connectivity index (χ1n) is 11.7. The Kier molecular flexibility index (Phi) is 6.78. The zero-order chi connectivity index (χ0) is 20.8. The zero-order valence-electron chi connectivity index (χ0n) is 18.3. The highest BCUT2D eigenvalue weighted by molar-refractivity contribution is 5.87. The van der Waals surface area contributed by atoms with E-state index >= 15 is 0 Å². The Bertz CT molecular complexity index is 782. The summed E-state index contributed by atoms with van der Waals surface area (Å²) in [5, 5.41) is 0. The van der Waals surface area contributed by atoms with Crippen molar-refractivity contribution in [3.8, 4) is 0 Å². The predicted octanol–water partition coefficient (Wildman–Crippen LogP) is 5.28. The van der Waals surface area contributed by atoms with Gasteiger partial charge in [-0.3, -0.25) is 9.38 Å². The fourth-order valence-electron chi connectivity index (χ4n) is 5.21. The van der Waals surface area contributed by atoms with Gasteiger partial charge in [0, 0.05) is 56.9 Å². The van der Waals surface area contributed by atoms with Gasteiger partial charge in [-0.15, -0.1) is 0 Å². The van der Waals surface area contributed by atoms with Crippen molar-refractivity contribution in [2.75, 3.05) is 31.1 Å². The highest BCUT2D eigenvalue weighted by Gasteiger charge is 2.49. The number of amides is 1. The lowest BCUT2D eigenvalue weighted by Gasteiger charge is -2.53. The van der Waals surface area contributed by atoms with Crippen LogP contribution in [0.25, 0.3) is 0 Å². The summed E-state index contributed by atoms with van der Waals surface area (Å²) in [5.41, 5.74) is 0.936. The molecule has 30 heavy (non-hydrogen) atoms. The molecule has 3 fully saturated rings. The normalized spacial score (nSPS) is 25.2. The highest BCUT2D eigenvalue weighted by Crippen LogP contribution is 2.39. The number of carbonyl (C=O) groups excluding carboxylic acids is 1. The van der Waals surface area contributed by atoms with Gasteiger partial charge >= 0.3 is 6.09 Å². The van der Waals surface area contributed by atoms with Crippen LogP contribution in [0.3, 0.4) is 0 Å². The van der Waals surface area contributed by atoms with Crippen molar-refractivity contribution >= 4 is 11.8 Å². The first kappa shape index (κ1) is 21.0. The third kappa shape index (κ3) is 4.72. The summed E-state index contributed by atoms with van der Waals surface area (Å²) in [6.07, 6.45) is 10.8. The third-order valence-electron chi connectivity index (χ3n) is 7.06. The van der Waals surface area contributed by atoms with E-state index in [1.807, 2.05) is 35.2 Å². The molecule has 3 aliphatic heterocycles. The summed E-state index contributed by atoms with van der Waals surface area (Å²) < 4.78 is 9.49. The summed E-state index contributed by atoms with van der Waals surface area (Å²) in [4.78, 5) is 15.1. The maximum absolute atomic E-state index is 13.3. The van der Waals surface area contributed by atoms with Crippen LogP contribution in [0.15, 0.2) is 54.9 Å². The summed E-state index contributed by atoms with van der Waals surface area (Å²) in [6, 6.07) is 14.1. The van der Waals surface area contributed by atoms with Crippen LogP contribution >= 0.6 is 0 Å². The molecule has 5 rings (SSSR count). The van der Waals surface area contributed by atoms with Gasteiger partial charge in [0.2, 0.25) is 6.23 Å². The number of carbonyl (C=O) groups is 1. The molecule has 1 aromatic carbocycles. The SMILES string of the molecule is CCCCN(C(=O)OC1CC2CC[N+]1(CCCn1cccc1)CC2)c1ccccc1. The van der Waals surface area contributed by atoms with Crippen molar-refractivity contribution in [1.82, 2.24) is 4.57 Å². The Morgan fingerprint density at radius 1 is 1.10 bits per heavy atom. The smallest absolute Gasteiger partial charge is 0.396 e. The molecule has 1 aromatic heterocycles. The first-order chi connectivity index (χ1) is 14.7. The number of benzene rings is 1. The molecule has 0 spiro atoms. The second-order valence-electron chi connectivity index (χ2n) is 9.02. The fourth-order valence-corrected chi connectivity index (χ4v) is 5.21. The number of quaternary nitrogens is 1. The van der Waals surface area contributed by atoms with Crippen LogP contribution in [0.1, 0.15) is 45.4 Å². The van der Waals surface area contributed by atoms with E-state index in [-0.39, 0.29) is 12.3 Å². The second-order valence-corrected chi connectivity index (χ2v) is 9.02. The van der Waals surface area contributed by atoms with E-state index in [2.05, 4.69) is 36.0 Å². The maximum Gasteiger partial charge on any atom is 0.418 e. The van der Waals surface area contributed by atoms with Crippen molar-refractivity contribution in [2.45, 2.75) is 58.2 Å². The molecule has 162 valence electrons. The van der Waals surface area contributed by atoms with Crippen LogP contribution in [0.2, 0.25) is 0 Å². The van der Waals surface area contributed by atoms with E-state index in [1.165, 1.54) is 12.8 Å². The lowest BCUT2D eigenvalue weighted by Crippen LogP contribution is -2.66. The van der Waals surface area contributed by atoms with Gasteiger partial charge in [-0.1, -0.05) is 31.5 Å². The van der Waals surface area contributed by atoms with Crippen molar-refractivity contribution in [3.05, 3.63) is 54.9 Å². The molecule has 0 N–H and O–H groups in total. The van der Waals surface area contributed by atoms with E-state index in [0.29, 0.717) is 12.5 Å². The Hall–Kier alpha value is -2.27. The standard InChI is InChI=1S/C25H36N3O2/c1-2-3-17-27(23-10-5-4-6-11-23)25(29)30-24-21-22-12-19-28(24,20-13-22)18-9-16-26-14-7-8-15-26/h4-8,10-11,14-15,22,24H,2-3,9,12-13,16-21H2,1H3/q+1. The van der Waals surface area contributed by atoms with Gasteiger partial charge in [0.1, 0.15) is 0 Å². The molecule has 2 bridgehead atoms. The van der Waals surface area contributed by atoms with Gasteiger partial charge in [0.05, 0.1) is 19.6 Å². The predicted molar refractivity (Wildman–Crippen MR) is 120 cm³/mol. The van der Waals surface area contributed by atoms with E-state index < -0.39 is 0 Å². The molecule has 0 aliphatic carbocycles. The van der Waals surface area contributed by atoms with Gasteiger partial charge in [-0.25, -0.2) is 4.79 Å². The molecule has 0 radical (unpaired) electrons. The monoisotopic (exact) mass is 410 g/mol. The van der Waals surface area contributed by atoms with Crippen molar-refractivity contribution in [3.63, 3.8) is 0 Å². The minimum Gasteiger partial charge on any atom is -0.396 e. The second kappa shape index (κ2) is 9.69. The number of hydrogen-bond acceptors (Lipinski definition) is 2. The average molecular weight is 411 g/mol. The minimum atomic E-state index is -0.171. The summed E-state index contributed by atoms with van der Waals surface area (Å²) in [7, 11) is 0. The van der Waals surface area contributed by atoms with Crippen LogP contribution in [0.4, 0.5) is 10.5 Å². The molecular formula is C25H36N3O2+. The lowest BCUT2D eigenvalue weighted by atomic mass is 9.84. The van der Waals surface area contributed by atoms with Crippen LogP contribution in [0.5, 0.6) is 0 Å². The molecule has 4 heterocycles. The summed E-state index contributed by atoms with van der Waals surface area (Å²) in [5.74, 6) is 0.716. The number of para-hydroxylation sites is 1. The van der Waals surface area contributed by atoms with Crippen molar-refractivity contribution in [2.24, 2.45) is 5.92 Å². The van der Waals surface area contributed by atoms with Crippen LogP contribution in [-0.4, -0.2) is 47.6 Å². The van der Waals surface area contributed by atoms with Gasteiger partial charge in [-0.2, -0.15) is 0 Å². The van der Waals surface area contributed by atoms with Gasteiger partial charge in [0.15, 0.2) is 0 Å². The summed E-state index contributed by atoms with van der Waals surface area (Å²) in [6.45, 7) is 7.28. The molecule has 0 saturated carbocycles. The van der Waals surface area contributed by atoms with Crippen LogP contribution in [-0.2, 0) is 11.3 Å². The minimum absolute atomic E-state index is 0.00232. The van der Waals surface area contributed by atoms with Crippen LogP contribution in [0, 0.1) is 5.92 Å². The van der Waals surface area contributed by atoms with E-state index in [1.54, 1.807) is 0 Å². The maximum atomic E-state index is 13.3. The Morgan fingerprint density at radius 2 is 1.83 bits per heavy atom. The number of aryl methyl sites for hydroxylation is 1. The molecule has 1 unspecified atom stereocenters. The van der Waals surface area contributed by atoms with E-state index in [9.17, 15) is 4.79 Å². The highest BCUT2D eigenvalue weighted by atomic mass is 16.6. The number of ether oxygens (including phenoxy) is 1. The molecule has 1 atom stereocenters. The zero-order valence-corrected chi connectivity index (χ0v) is 18.3. The van der Waals surface area contributed by atoms with Crippen molar-refractivity contribution < 1.29 is 14.0 Å². The topological polar surface area (TPSA) is 34.5 Å². The molecule has 2 aromatic rings. The molecule has 5 nitrogen and oxygen atoms in total. The number of nitrogens with zero attached hydrogens (tertiary/aromatic N) is 3. The van der Waals surface area contributed by atoms with Gasteiger partial charge < -0.3 is 9.30 Å².